The zero-order valence-electron chi connectivity index (χ0n) is 8.65. The van der Waals surface area contributed by atoms with Crippen LogP contribution in [0.1, 0.15) is 5.56 Å². The maximum absolute atomic E-state index is 13.3. The van der Waals surface area contributed by atoms with Crippen molar-refractivity contribution in [1.82, 2.24) is 5.32 Å². The van der Waals surface area contributed by atoms with Crippen molar-refractivity contribution in [2.45, 2.75) is 12.1 Å². The van der Waals surface area contributed by atoms with Crippen LogP contribution in [0.4, 0.5) is 17.6 Å². The highest BCUT2D eigenvalue weighted by Gasteiger charge is 2.27. The van der Waals surface area contributed by atoms with Crippen LogP contribution < -0.4 is 5.32 Å². The number of alkyl halides is 3. The molecule has 17 heavy (non-hydrogen) atoms. The van der Waals surface area contributed by atoms with Gasteiger partial charge >= 0.3 is 5.51 Å². The molecule has 0 amide bonds. The Morgan fingerprint density at radius 2 is 2.00 bits per heavy atom. The molecule has 1 rings (SSSR count). The first-order chi connectivity index (χ1) is 7.88. The highest BCUT2D eigenvalue weighted by atomic mass is 79.9. The van der Waals surface area contributed by atoms with Crippen LogP contribution in [0.3, 0.4) is 0 Å². The van der Waals surface area contributed by atoms with Gasteiger partial charge in [0.1, 0.15) is 5.82 Å². The molecular formula is C10H10BrF4NS. The molecule has 0 atom stereocenters. The minimum absolute atomic E-state index is 0.0817. The Balaban J connectivity index is 2.27. The lowest BCUT2D eigenvalue weighted by molar-refractivity contribution is -0.0327. The fraction of sp³-hybridized carbons (Fsp3) is 0.400. The second-order valence-corrected chi connectivity index (χ2v) is 5.28. The Labute approximate surface area is 109 Å². The second-order valence-electron chi connectivity index (χ2n) is 3.21. The molecule has 0 aliphatic rings. The molecule has 0 saturated carbocycles. The van der Waals surface area contributed by atoms with Crippen molar-refractivity contribution in [3.8, 4) is 0 Å². The Kier molecular flexibility index (Phi) is 5.75. The minimum Gasteiger partial charge on any atom is -0.312 e. The minimum atomic E-state index is -4.20. The summed E-state index contributed by atoms with van der Waals surface area (Å²) < 4.78 is 49.3. The van der Waals surface area contributed by atoms with Crippen molar-refractivity contribution in [2.24, 2.45) is 0 Å². The standard InChI is InChI=1S/C10H10BrF4NS/c11-8-2-1-7(9(12)5-8)6-16-3-4-17-10(13,14)15/h1-2,5,16H,3-4,6H2. The Morgan fingerprint density at radius 3 is 2.59 bits per heavy atom. The van der Waals surface area contributed by atoms with E-state index in [-0.39, 0.29) is 36.4 Å². The summed E-state index contributed by atoms with van der Waals surface area (Å²) in [7, 11) is 0. The molecule has 96 valence electrons. The molecule has 0 spiro atoms. The fourth-order valence-corrected chi connectivity index (χ4v) is 1.94. The molecule has 0 radical (unpaired) electrons. The smallest absolute Gasteiger partial charge is 0.312 e. The van der Waals surface area contributed by atoms with Crippen LogP contribution in [0, 0.1) is 5.82 Å². The molecule has 0 aliphatic carbocycles. The van der Waals surface area contributed by atoms with Crippen molar-refractivity contribution in [2.75, 3.05) is 12.3 Å². The summed E-state index contributed by atoms with van der Waals surface area (Å²) >= 11 is 3.03. The molecule has 0 fully saturated rings. The van der Waals surface area contributed by atoms with Crippen LogP contribution in [-0.2, 0) is 6.54 Å². The molecule has 1 aromatic rings. The van der Waals surface area contributed by atoms with Gasteiger partial charge in [0.2, 0.25) is 0 Å². The molecule has 7 heteroatoms. The highest BCUT2D eigenvalue weighted by Crippen LogP contribution is 2.29. The first kappa shape index (κ1) is 14.8. The Morgan fingerprint density at radius 1 is 1.29 bits per heavy atom. The number of thioether (sulfide) groups is 1. The number of nitrogens with one attached hydrogen (secondary N) is 1. The molecule has 0 aliphatic heterocycles. The third-order valence-corrected chi connectivity index (χ3v) is 3.10. The summed E-state index contributed by atoms with van der Waals surface area (Å²) in [6.07, 6.45) is 0. The number of rotatable bonds is 5. The molecule has 0 saturated heterocycles. The monoisotopic (exact) mass is 331 g/mol. The van der Waals surface area contributed by atoms with Gasteiger partial charge in [-0.25, -0.2) is 4.39 Å². The van der Waals surface area contributed by atoms with Gasteiger partial charge in [0, 0.05) is 28.9 Å². The van der Waals surface area contributed by atoms with Crippen molar-refractivity contribution < 1.29 is 17.6 Å². The van der Waals surface area contributed by atoms with E-state index in [9.17, 15) is 17.6 Å². The van der Waals surface area contributed by atoms with Crippen LogP contribution in [0.25, 0.3) is 0 Å². The predicted octanol–water partition coefficient (Wildman–Crippen LogP) is 3.93. The average Bonchev–Trinajstić information content (AvgIpc) is 2.18. The topological polar surface area (TPSA) is 12.0 Å². The van der Waals surface area contributed by atoms with E-state index in [0.717, 1.165) is 0 Å². The summed E-state index contributed by atoms with van der Waals surface area (Å²) in [4.78, 5) is 0. The predicted molar refractivity (Wildman–Crippen MR) is 64.3 cm³/mol. The molecule has 0 unspecified atom stereocenters. The molecule has 0 heterocycles. The van der Waals surface area contributed by atoms with Gasteiger partial charge in [-0.2, -0.15) is 13.2 Å². The van der Waals surface area contributed by atoms with Crippen LogP contribution in [-0.4, -0.2) is 17.8 Å². The van der Waals surface area contributed by atoms with Gasteiger partial charge in [-0.1, -0.05) is 22.0 Å². The SMILES string of the molecule is Fc1cc(Br)ccc1CNCCSC(F)(F)F. The maximum Gasteiger partial charge on any atom is 0.441 e. The van der Waals surface area contributed by atoms with Crippen molar-refractivity contribution in [3.05, 3.63) is 34.1 Å². The number of hydrogen-bond donors (Lipinski definition) is 1. The van der Waals surface area contributed by atoms with Crippen LogP contribution >= 0.6 is 27.7 Å². The van der Waals surface area contributed by atoms with E-state index in [2.05, 4.69) is 21.2 Å². The van der Waals surface area contributed by atoms with Gasteiger partial charge in [0.25, 0.3) is 0 Å². The van der Waals surface area contributed by atoms with Gasteiger partial charge < -0.3 is 5.32 Å². The molecule has 1 N–H and O–H groups in total. The lowest BCUT2D eigenvalue weighted by Gasteiger charge is -2.07. The van der Waals surface area contributed by atoms with Crippen LogP contribution in [0.5, 0.6) is 0 Å². The molecule has 0 bridgehead atoms. The molecule has 1 nitrogen and oxygen atoms in total. The van der Waals surface area contributed by atoms with Gasteiger partial charge in [0.05, 0.1) is 0 Å². The molecular weight excluding hydrogens is 322 g/mol. The van der Waals surface area contributed by atoms with E-state index in [1.165, 1.54) is 6.07 Å². The lowest BCUT2D eigenvalue weighted by Crippen LogP contribution is -2.19. The molecule has 1 aromatic carbocycles. The highest BCUT2D eigenvalue weighted by molar-refractivity contribution is 9.10. The van der Waals surface area contributed by atoms with Crippen molar-refractivity contribution in [1.29, 1.82) is 0 Å². The van der Waals surface area contributed by atoms with Gasteiger partial charge in [0.15, 0.2) is 0 Å². The number of hydrogen-bond acceptors (Lipinski definition) is 2. The Hall–Kier alpha value is -0.270. The first-order valence-electron chi connectivity index (χ1n) is 4.74. The first-order valence-corrected chi connectivity index (χ1v) is 6.52. The van der Waals surface area contributed by atoms with Crippen molar-refractivity contribution >= 4 is 27.7 Å². The normalized spacial score (nSPS) is 11.8. The third-order valence-electron chi connectivity index (χ3n) is 1.88. The van der Waals surface area contributed by atoms with Crippen molar-refractivity contribution in [3.63, 3.8) is 0 Å². The average molecular weight is 332 g/mol. The summed E-state index contributed by atoms with van der Waals surface area (Å²) in [6.45, 7) is 0.400. The third kappa shape index (κ3) is 6.28. The Bertz CT molecular complexity index is 370. The number of halogens is 5. The number of benzene rings is 1. The van der Waals surface area contributed by atoms with E-state index < -0.39 is 5.51 Å². The summed E-state index contributed by atoms with van der Waals surface area (Å²) in [6, 6.07) is 4.59. The van der Waals surface area contributed by atoms with E-state index in [0.29, 0.717) is 10.0 Å². The van der Waals surface area contributed by atoms with E-state index >= 15 is 0 Å². The van der Waals surface area contributed by atoms with E-state index in [1.54, 1.807) is 12.1 Å². The summed E-state index contributed by atoms with van der Waals surface area (Å²) in [5.74, 6) is -0.461. The lowest BCUT2D eigenvalue weighted by atomic mass is 10.2. The summed E-state index contributed by atoms with van der Waals surface area (Å²) in [5.41, 5.74) is -3.77. The van der Waals surface area contributed by atoms with E-state index in [1.807, 2.05) is 0 Å². The second kappa shape index (κ2) is 6.61. The zero-order valence-corrected chi connectivity index (χ0v) is 11.1. The van der Waals surface area contributed by atoms with E-state index in [4.69, 9.17) is 0 Å². The largest absolute Gasteiger partial charge is 0.441 e. The van der Waals surface area contributed by atoms with Gasteiger partial charge in [-0.15, -0.1) is 0 Å². The quantitative estimate of drug-likeness (QED) is 0.648. The zero-order chi connectivity index (χ0) is 12.9. The summed E-state index contributed by atoms with van der Waals surface area (Å²) in [5, 5.41) is 2.76. The fourth-order valence-electron chi connectivity index (χ4n) is 1.13. The molecule has 0 aromatic heterocycles. The van der Waals surface area contributed by atoms with Gasteiger partial charge in [-0.05, 0) is 23.9 Å². The van der Waals surface area contributed by atoms with Gasteiger partial charge in [-0.3, -0.25) is 0 Å². The van der Waals surface area contributed by atoms with Crippen LogP contribution in [0.2, 0.25) is 0 Å². The van der Waals surface area contributed by atoms with Crippen LogP contribution in [0.15, 0.2) is 22.7 Å². The maximum atomic E-state index is 13.3.